The van der Waals surface area contributed by atoms with Crippen molar-refractivity contribution in [3.05, 3.63) is 81.9 Å². The summed E-state index contributed by atoms with van der Waals surface area (Å²) in [6, 6.07) is 8.68. The molecule has 2 N–H and O–H groups in total. The van der Waals surface area contributed by atoms with Crippen LogP contribution in [-0.2, 0) is 21.2 Å². The van der Waals surface area contributed by atoms with Gasteiger partial charge in [-0.15, -0.1) is 0 Å². The van der Waals surface area contributed by atoms with Crippen LogP contribution in [0.15, 0.2) is 48.4 Å². The van der Waals surface area contributed by atoms with Gasteiger partial charge < -0.3 is 14.9 Å². The Morgan fingerprint density at radius 1 is 1.03 bits per heavy atom. The van der Waals surface area contributed by atoms with E-state index in [1.165, 1.54) is 22.3 Å². The van der Waals surface area contributed by atoms with Crippen LogP contribution in [0.1, 0.15) is 81.0 Å². The molecule has 1 aromatic carbocycles. The minimum atomic E-state index is -0.504. The minimum absolute atomic E-state index is 0.00744. The van der Waals surface area contributed by atoms with Gasteiger partial charge in [-0.3, -0.25) is 4.98 Å². The van der Waals surface area contributed by atoms with Gasteiger partial charge in [0.25, 0.3) is 0 Å². The molecule has 1 fully saturated rings. The Hall–Kier alpha value is -2.43. The Kier molecular flexibility index (Phi) is 5.59. The number of epoxide rings is 1. The van der Waals surface area contributed by atoms with E-state index in [0.29, 0.717) is 25.2 Å². The number of fused-ring (bicyclic) bond motifs is 1. The van der Waals surface area contributed by atoms with E-state index < -0.39 is 5.60 Å². The minimum Gasteiger partial charge on any atom is -0.512 e. The molecule has 1 aromatic heterocycles. The second-order valence-electron chi connectivity index (χ2n) is 10.4. The number of allylic oxidation sites excluding steroid dienone is 4. The molecule has 170 valence electrons. The lowest BCUT2D eigenvalue weighted by Gasteiger charge is -2.38. The second-order valence-corrected chi connectivity index (χ2v) is 10.4. The smallest absolute Gasteiger partial charge is 0.158 e. The lowest BCUT2D eigenvalue weighted by atomic mass is 9.66. The van der Waals surface area contributed by atoms with Gasteiger partial charge >= 0.3 is 0 Å². The van der Waals surface area contributed by atoms with Gasteiger partial charge in [0.2, 0.25) is 0 Å². The highest BCUT2D eigenvalue weighted by molar-refractivity contribution is 5.65. The molecule has 4 heteroatoms. The molecule has 1 aliphatic heterocycles. The van der Waals surface area contributed by atoms with E-state index in [0.717, 1.165) is 16.8 Å². The highest BCUT2D eigenvalue weighted by Crippen LogP contribution is 2.49. The van der Waals surface area contributed by atoms with Gasteiger partial charge in [0.15, 0.2) is 5.60 Å². The van der Waals surface area contributed by atoms with Crippen molar-refractivity contribution in [1.29, 1.82) is 0 Å². The van der Waals surface area contributed by atoms with Crippen molar-refractivity contribution >= 4 is 5.57 Å². The van der Waals surface area contributed by atoms with Gasteiger partial charge in [0.1, 0.15) is 0 Å². The number of aliphatic hydroxyl groups is 2. The molecule has 2 heterocycles. The van der Waals surface area contributed by atoms with Crippen molar-refractivity contribution in [2.75, 3.05) is 13.2 Å². The fraction of sp³-hybridized carbons (Fsp3) is 0.464. The Bertz CT molecular complexity index is 1090. The molecule has 2 aliphatic rings. The van der Waals surface area contributed by atoms with Crippen molar-refractivity contribution in [2.45, 2.75) is 70.8 Å². The van der Waals surface area contributed by atoms with E-state index in [4.69, 9.17) is 14.8 Å². The number of aliphatic hydroxyl groups excluding tert-OH is 2. The van der Waals surface area contributed by atoms with Gasteiger partial charge in [-0.1, -0.05) is 58.0 Å². The van der Waals surface area contributed by atoms with Crippen LogP contribution in [0.4, 0.5) is 0 Å². The van der Waals surface area contributed by atoms with E-state index in [-0.39, 0.29) is 17.4 Å². The molecule has 0 saturated carbocycles. The number of pyridine rings is 1. The Morgan fingerprint density at radius 2 is 1.66 bits per heavy atom. The number of aromatic nitrogens is 1. The molecule has 4 nitrogen and oxygen atoms in total. The van der Waals surface area contributed by atoms with Crippen LogP contribution in [0.5, 0.6) is 0 Å². The molecule has 0 amide bonds. The van der Waals surface area contributed by atoms with E-state index >= 15 is 0 Å². The van der Waals surface area contributed by atoms with Crippen LogP contribution in [-0.4, -0.2) is 28.4 Å². The summed E-state index contributed by atoms with van der Waals surface area (Å²) in [5, 5.41) is 19.3. The first-order valence-electron chi connectivity index (χ1n) is 11.5. The summed E-state index contributed by atoms with van der Waals surface area (Å²) in [5.41, 5.74) is 7.19. The molecule has 1 unspecified atom stereocenters. The lowest BCUT2D eigenvalue weighted by Crippen LogP contribution is -2.30. The molecule has 1 saturated heterocycles. The number of benzene rings is 1. The second kappa shape index (κ2) is 7.86. The summed E-state index contributed by atoms with van der Waals surface area (Å²) in [7, 11) is 0. The third-order valence-electron chi connectivity index (χ3n) is 7.15. The quantitative estimate of drug-likeness (QED) is 0.341. The summed E-state index contributed by atoms with van der Waals surface area (Å²) in [4.78, 5) is 4.76. The molecule has 0 bridgehead atoms. The van der Waals surface area contributed by atoms with Crippen LogP contribution in [0.25, 0.3) is 5.57 Å². The van der Waals surface area contributed by atoms with Crippen LogP contribution < -0.4 is 0 Å². The topological polar surface area (TPSA) is 65.9 Å². The predicted molar refractivity (Wildman–Crippen MR) is 129 cm³/mol. The maximum atomic E-state index is 10.3. The number of nitrogens with zero attached hydrogens (tertiary/aromatic N) is 1. The molecule has 1 aliphatic carbocycles. The molecule has 2 aromatic rings. The maximum Gasteiger partial charge on any atom is 0.158 e. The number of rotatable bonds is 6. The van der Waals surface area contributed by atoms with Crippen LogP contribution in [0, 0.1) is 6.92 Å². The van der Waals surface area contributed by atoms with Crippen molar-refractivity contribution in [1.82, 2.24) is 4.98 Å². The Balaban J connectivity index is 1.72. The fourth-order valence-electron chi connectivity index (χ4n) is 4.77. The van der Waals surface area contributed by atoms with Crippen molar-refractivity contribution < 1.29 is 14.9 Å². The highest BCUT2D eigenvalue weighted by Gasteiger charge is 2.51. The summed E-state index contributed by atoms with van der Waals surface area (Å²) in [5.74, 6) is 0.300. The summed E-state index contributed by atoms with van der Waals surface area (Å²) >= 11 is 0. The van der Waals surface area contributed by atoms with Crippen LogP contribution in [0.3, 0.4) is 0 Å². The van der Waals surface area contributed by atoms with Gasteiger partial charge in [0, 0.05) is 30.1 Å². The van der Waals surface area contributed by atoms with Gasteiger partial charge in [-0.25, -0.2) is 0 Å². The standard InChI is InChI=1S/C28H35NO3/c1-18-14-22-23(27(5,6)12-11-26(22,3)4)15-21(18)28(17-32-28)25-10-9-20(16-29-25)19(2)24(31)8-7-13-30/h9-12,14-16,30-31H,7-8,13,17H2,1-6H3/b24-19-. The molecule has 0 spiro atoms. The van der Waals surface area contributed by atoms with E-state index in [1.807, 2.05) is 25.3 Å². The maximum absolute atomic E-state index is 10.3. The number of ether oxygens (including phenoxy) is 1. The van der Waals surface area contributed by atoms with Crippen molar-refractivity contribution in [3.63, 3.8) is 0 Å². The SMILES string of the molecule is C/C(=C(/O)CCCO)c1ccc(C2(c3cc4c(cc3C)C(C)(C)C=CC4(C)C)CO2)nc1. The van der Waals surface area contributed by atoms with Crippen molar-refractivity contribution in [3.8, 4) is 0 Å². The fourth-order valence-corrected chi connectivity index (χ4v) is 4.77. The molecule has 4 rings (SSSR count). The molecular weight excluding hydrogens is 398 g/mol. The van der Waals surface area contributed by atoms with E-state index in [2.05, 4.69) is 58.9 Å². The lowest BCUT2D eigenvalue weighted by molar-refractivity contribution is 0.276. The summed E-state index contributed by atoms with van der Waals surface area (Å²) in [6.45, 7) is 13.8. The Labute approximate surface area is 191 Å². The third-order valence-corrected chi connectivity index (χ3v) is 7.15. The third kappa shape index (κ3) is 3.80. The molecular formula is C28H35NO3. The van der Waals surface area contributed by atoms with Crippen LogP contribution >= 0.6 is 0 Å². The average molecular weight is 434 g/mol. The molecule has 0 radical (unpaired) electrons. The zero-order valence-corrected chi connectivity index (χ0v) is 20.1. The number of aryl methyl sites for hydroxylation is 1. The van der Waals surface area contributed by atoms with Gasteiger partial charge in [-0.05, 0) is 59.7 Å². The van der Waals surface area contributed by atoms with E-state index in [9.17, 15) is 5.11 Å². The number of hydrogen-bond acceptors (Lipinski definition) is 4. The van der Waals surface area contributed by atoms with Crippen LogP contribution in [0.2, 0.25) is 0 Å². The molecule has 32 heavy (non-hydrogen) atoms. The zero-order valence-electron chi connectivity index (χ0n) is 20.1. The van der Waals surface area contributed by atoms with E-state index in [1.54, 1.807) is 0 Å². The normalized spacial score (nSPS) is 23.5. The Morgan fingerprint density at radius 3 is 2.19 bits per heavy atom. The highest BCUT2D eigenvalue weighted by atomic mass is 16.6. The summed E-state index contributed by atoms with van der Waals surface area (Å²) < 4.78 is 6.09. The first-order valence-corrected chi connectivity index (χ1v) is 11.5. The van der Waals surface area contributed by atoms with Gasteiger partial charge in [0.05, 0.1) is 18.1 Å². The summed E-state index contributed by atoms with van der Waals surface area (Å²) in [6.07, 6.45) is 7.47. The predicted octanol–water partition coefficient (Wildman–Crippen LogP) is 5.85. The first kappa shape index (κ1) is 22.8. The number of hydrogen-bond donors (Lipinski definition) is 2. The largest absolute Gasteiger partial charge is 0.512 e. The average Bonchev–Trinajstić information content (AvgIpc) is 3.56. The van der Waals surface area contributed by atoms with Crippen molar-refractivity contribution in [2.24, 2.45) is 0 Å². The first-order chi connectivity index (χ1) is 15.0. The monoisotopic (exact) mass is 433 g/mol. The zero-order chi connectivity index (χ0) is 23.3. The van der Waals surface area contributed by atoms with Gasteiger partial charge in [-0.2, -0.15) is 0 Å². The molecule has 1 atom stereocenters.